The van der Waals surface area contributed by atoms with Gasteiger partial charge >= 0.3 is 0 Å². The minimum Gasteiger partial charge on any atom is -0.455 e. The summed E-state index contributed by atoms with van der Waals surface area (Å²) in [6.07, 6.45) is 2.06. The normalized spacial score (nSPS) is 14.1. The van der Waals surface area contributed by atoms with Gasteiger partial charge in [0.15, 0.2) is 11.5 Å². The number of carbonyl (C=O) groups is 2. The summed E-state index contributed by atoms with van der Waals surface area (Å²) in [4.78, 5) is 24.0. The monoisotopic (exact) mass is 294 g/mol. The van der Waals surface area contributed by atoms with Crippen LogP contribution in [0.4, 0.5) is 0 Å². The lowest BCUT2D eigenvalue weighted by Crippen LogP contribution is -2.33. The molecular weight excluding hydrogens is 272 g/mol. The number of carbonyl (C=O) groups excluding carboxylic acids is 2. The van der Waals surface area contributed by atoms with Gasteiger partial charge in [-0.25, -0.2) is 0 Å². The molecule has 0 spiro atoms. The molecule has 0 fully saturated rings. The highest BCUT2D eigenvalue weighted by molar-refractivity contribution is 6.03. The third-order valence-corrected chi connectivity index (χ3v) is 3.58. The van der Waals surface area contributed by atoms with Gasteiger partial charge in [0, 0.05) is 45.1 Å². The van der Waals surface area contributed by atoms with Crippen LogP contribution in [-0.4, -0.2) is 45.0 Å². The first kappa shape index (κ1) is 15.7. The van der Waals surface area contributed by atoms with Gasteiger partial charge in [0.05, 0.1) is 12.2 Å². The Morgan fingerprint density at radius 1 is 1.29 bits per heavy atom. The molecule has 0 radical (unpaired) electrons. The average Bonchev–Trinajstić information content (AvgIpc) is 2.81. The molecule has 1 aliphatic carbocycles. The van der Waals surface area contributed by atoms with Crippen molar-refractivity contribution in [3.8, 4) is 0 Å². The van der Waals surface area contributed by atoms with Crippen molar-refractivity contribution in [2.45, 2.75) is 26.2 Å². The number of hydrogen-bond donors (Lipinski definition) is 2. The van der Waals surface area contributed by atoms with Gasteiger partial charge in [-0.3, -0.25) is 9.59 Å². The van der Waals surface area contributed by atoms with Crippen molar-refractivity contribution in [1.82, 2.24) is 10.6 Å². The highest BCUT2D eigenvalue weighted by Gasteiger charge is 2.28. The van der Waals surface area contributed by atoms with Gasteiger partial charge in [-0.2, -0.15) is 0 Å². The lowest BCUT2D eigenvalue weighted by atomic mass is 9.94. The van der Waals surface area contributed by atoms with Crippen molar-refractivity contribution in [2.24, 2.45) is 0 Å². The second kappa shape index (κ2) is 7.38. The molecule has 1 heterocycles. The van der Waals surface area contributed by atoms with Crippen molar-refractivity contribution in [2.75, 3.05) is 33.4 Å². The van der Waals surface area contributed by atoms with Gasteiger partial charge in [0.2, 0.25) is 0 Å². The average molecular weight is 294 g/mol. The second-order valence-electron chi connectivity index (χ2n) is 5.13. The van der Waals surface area contributed by atoms with Crippen molar-refractivity contribution >= 4 is 11.7 Å². The van der Waals surface area contributed by atoms with E-state index >= 15 is 0 Å². The number of aryl methyl sites for hydroxylation is 1. The zero-order valence-electron chi connectivity index (χ0n) is 12.6. The maximum Gasteiger partial charge on any atom is 0.287 e. The molecule has 0 atom stereocenters. The Morgan fingerprint density at radius 3 is 2.81 bits per heavy atom. The van der Waals surface area contributed by atoms with E-state index in [9.17, 15) is 9.59 Å². The standard InChI is InChI=1S/C15H22N2O4/c1-10-13-11(18)4-3-5-12(13)21-14(10)15(19)17-7-6-16-8-9-20-2/h16H,3-9H2,1-2H3,(H,17,19). The molecule has 0 aromatic carbocycles. The first-order valence-corrected chi connectivity index (χ1v) is 7.28. The maximum absolute atomic E-state index is 12.1. The topological polar surface area (TPSA) is 80.6 Å². The zero-order chi connectivity index (χ0) is 15.2. The minimum absolute atomic E-state index is 0.0813. The van der Waals surface area contributed by atoms with Crippen molar-refractivity contribution < 1.29 is 18.7 Å². The summed E-state index contributed by atoms with van der Waals surface area (Å²) in [5.41, 5.74) is 1.28. The Labute approximate surface area is 124 Å². The van der Waals surface area contributed by atoms with Crippen molar-refractivity contribution in [3.05, 3.63) is 22.6 Å². The Bertz CT molecular complexity index is 522. The quantitative estimate of drug-likeness (QED) is 0.735. The highest BCUT2D eigenvalue weighted by Crippen LogP contribution is 2.29. The van der Waals surface area contributed by atoms with Gasteiger partial charge in [-0.1, -0.05) is 0 Å². The fraction of sp³-hybridized carbons (Fsp3) is 0.600. The van der Waals surface area contributed by atoms with E-state index in [0.717, 1.165) is 19.4 Å². The van der Waals surface area contributed by atoms with E-state index in [2.05, 4.69) is 10.6 Å². The Balaban J connectivity index is 1.90. The molecular formula is C15H22N2O4. The number of rotatable bonds is 7. The molecule has 116 valence electrons. The highest BCUT2D eigenvalue weighted by atomic mass is 16.5. The van der Waals surface area contributed by atoms with Gasteiger partial charge in [0.1, 0.15) is 5.76 Å². The molecule has 1 aromatic heterocycles. The Kier molecular flexibility index (Phi) is 5.52. The van der Waals surface area contributed by atoms with Gasteiger partial charge in [-0.15, -0.1) is 0 Å². The number of hydrogen-bond acceptors (Lipinski definition) is 5. The number of ether oxygens (including phenoxy) is 1. The summed E-state index contributed by atoms with van der Waals surface area (Å²) in [6, 6.07) is 0. The fourth-order valence-electron chi connectivity index (χ4n) is 2.51. The summed E-state index contributed by atoms with van der Waals surface area (Å²) >= 11 is 0. The van der Waals surface area contributed by atoms with Crippen molar-refractivity contribution in [1.29, 1.82) is 0 Å². The van der Waals surface area contributed by atoms with Gasteiger partial charge < -0.3 is 19.8 Å². The molecule has 1 amide bonds. The largest absolute Gasteiger partial charge is 0.455 e. The van der Waals surface area contributed by atoms with Crippen LogP contribution in [0.3, 0.4) is 0 Å². The van der Waals surface area contributed by atoms with E-state index in [0.29, 0.717) is 43.0 Å². The minimum atomic E-state index is -0.261. The van der Waals surface area contributed by atoms with Gasteiger partial charge in [0.25, 0.3) is 5.91 Å². The molecule has 0 aliphatic heterocycles. The fourth-order valence-corrected chi connectivity index (χ4v) is 2.51. The van der Waals surface area contributed by atoms with E-state index < -0.39 is 0 Å². The number of amides is 1. The number of fused-ring (bicyclic) bond motifs is 1. The molecule has 0 bridgehead atoms. The molecule has 2 rings (SSSR count). The van der Waals surface area contributed by atoms with Crippen LogP contribution in [0.5, 0.6) is 0 Å². The van der Waals surface area contributed by atoms with Crippen LogP contribution >= 0.6 is 0 Å². The van der Waals surface area contributed by atoms with Crippen LogP contribution in [0.1, 0.15) is 45.1 Å². The lowest BCUT2D eigenvalue weighted by molar-refractivity contribution is 0.0919. The third kappa shape index (κ3) is 3.71. The molecule has 0 saturated carbocycles. The van der Waals surface area contributed by atoms with Crippen LogP contribution in [-0.2, 0) is 11.2 Å². The van der Waals surface area contributed by atoms with Crippen LogP contribution in [0.25, 0.3) is 0 Å². The van der Waals surface area contributed by atoms with Crippen LogP contribution in [0.15, 0.2) is 4.42 Å². The van der Waals surface area contributed by atoms with Crippen LogP contribution < -0.4 is 10.6 Å². The first-order valence-electron chi connectivity index (χ1n) is 7.28. The summed E-state index contributed by atoms with van der Waals surface area (Å²) < 4.78 is 10.5. The number of nitrogens with one attached hydrogen (secondary N) is 2. The Hall–Kier alpha value is -1.66. The molecule has 21 heavy (non-hydrogen) atoms. The third-order valence-electron chi connectivity index (χ3n) is 3.58. The predicted molar refractivity (Wildman–Crippen MR) is 77.8 cm³/mol. The van der Waals surface area contributed by atoms with E-state index in [-0.39, 0.29) is 17.5 Å². The summed E-state index contributed by atoms with van der Waals surface area (Å²) in [5, 5.41) is 5.93. The predicted octanol–water partition coefficient (Wildman–Crippen LogP) is 1.07. The number of ketones is 1. The second-order valence-corrected chi connectivity index (χ2v) is 5.13. The molecule has 1 aromatic rings. The maximum atomic E-state index is 12.1. The summed E-state index contributed by atoms with van der Waals surface area (Å²) in [7, 11) is 1.65. The summed E-state index contributed by atoms with van der Waals surface area (Å²) in [6.45, 7) is 4.32. The van der Waals surface area contributed by atoms with E-state index in [1.54, 1.807) is 14.0 Å². The van der Waals surface area contributed by atoms with E-state index in [4.69, 9.17) is 9.15 Å². The van der Waals surface area contributed by atoms with Crippen LogP contribution in [0, 0.1) is 6.92 Å². The molecule has 0 saturated heterocycles. The Morgan fingerprint density at radius 2 is 2.10 bits per heavy atom. The van der Waals surface area contributed by atoms with Crippen molar-refractivity contribution in [3.63, 3.8) is 0 Å². The SMILES string of the molecule is COCCNCCNC(=O)c1oc2c(c1C)C(=O)CCC2. The van der Waals surface area contributed by atoms with E-state index in [1.165, 1.54) is 0 Å². The molecule has 1 aliphatic rings. The number of furan rings is 1. The van der Waals surface area contributed by atoms with Crippen LogP contribution in [0.2, 0.25) is 0 Å². The molecule has 2 N–H and O–H groups in total. The number of methoxy groups -OCH3 is 1. The molecule has 0 unspecified atom stereocenters. The zero-order valence-corrected chi connectivity index (χ0v) is 12.6. The summed E-state index contributed by atoms with van der Waals surface area (Å²) in [5.74, 6) is 0.750. The lowest BCUT2D eigenvalue weighted by Gasteiger charge is -2.07. The number of Topliss-reactive ketones (excluding diaryl/α,β-unsaturated/α-hetero) is 1. The van der Waals surface area contributed by atoms with Gasteiger partial charge in [-0.05, 0) is 13.3 Å². The smallest absolute Gasteiger partial charge is 0.287 e. The first-order chi connectivity index (χ1) is 10.1. The van der Waals surface area contributed by atoms with E-state index in [1.807, 2.05) is 0 Å². The molecule has 6 nitrogen and oxygen atoms in total. The molecule has 6 heteroatoms.